The van der Waals surface area contributed by atoms with Crippen molar-refractivity contribution in [3.05, 3.63) is 12.7 Å². The Morgan fingerprint density at radius 1 is 2.00 bits per heavy atom. The van der Waals surface area contributed by atoms with Crippen molar-refractivity contribution in [3.63, 3.8) is 0 Å². The van der Waals surface area contributed by atoms with E-state index in [9.17, 15) is 4.79 Å². The molecular formula is C7H9NO2. The Hall–Kier alpha value is -1.30. The molecule has 0 aliphatic rings. The van der Waals surface area contributed by atoms with Crippen molar-refractivity contribution in [3.8, 4) is 6.07 Å². The molecule has 0 heterocycles. The molecule has 0 spiro atoms. The molecule has 10 heavy (non-hydrogen) atoms. The Bertz CT molecular complexity index is 169. The van der Waals surface area contributed by atoms with Gasteiger partial charge in [0.2, 0.25) is 0 Å². The first-order valence-corrected chi connectivity index (χ1v) is 2.95. The summed E-state index contributed by atoms with van der Waals surface area (Å²) in [6.45, 7) is 5.30. The number of rotatable bonds is 3. The molecule has 1 atom stereocenters. The topological polar surface area (TPSA) is 50.1 Å². The standard InChI is InChI=1S/C7H9NO2/c1-3-6(5-8)7(9)10-4-2/h3,6H,1,4H2,2H3. The van der Waals surface area contributed by atoms with Crippen LogP contribution in [-0.2, 0) is 9.53 Å². The van der Waals surface area contributed by atoms with Crippen LogP contribution in [0.3, 0.4) is 0 Å². The summed E-state index contributed by atoms with van der Waals surface area (Å²) in [4.78, 5) is 10.7. The Morgan fingerprint density at radius 2 is 2.60 bits per heavy atom. The van der Waals surface area contributed by atoms with E-state index in [0.29, 0.717) is 6.61 Å². The first kappa shape index (κ1) is 8.70. The predicted molar refractivity (Wildman–Crippen MR) is 35.9 cm³/mol. The van der Waals surface area contributed by atoms with Crippen molar-refractivity contribution in [2.75, 3.05) is 6.61 Å². The van der Waals surface area contributed by atoms with Crippen molar-refractivity contribution >= 4 is 5.97 Å². The molecule has 3 heteroatoms. The molecule has 0 rings (SSSR count). The highest BCUT2D eigenvalue weighted by molar-refractivity contribution is 5.77. The van der Waals surface area contributed by atoms with Crippen LogP contribution in [0.25, 0.3) is 0 Å². The summed E-state index contributed by atoms with van der Waals surface area (Å²) in [5.41, 5.74) is 0. The number of hydrogen-bond acceptors (Lipinski definition) is 3. The van der Waals surface area contributed by atoms with Crippen LogP contribution in [0.15, 0.2) is 12.7 Å². The minimum absolute atomic E-state index is 0.296. The van der Waals surface area contributed by atoms with Crippen molar-refractivity contribution < 1.29 is 9.53 Å². The second kappa shape index (κ2) is 4.57. The minimum Gasteiger partial charge on any atom is -0.465 e. The van der Waals surface area contributed by atoms with Crippen molar-refractivity contribution in [2.24, 2.45) is 5.92 Å². The lowest BCUT2D eigenvalue weighted by atomic mass is 10.2. The smallest absolute Gasteiger partial charge is 0.327 e. The van der Waals surface area contributed by atoms with E-state index in [0.717, 1.165) is 0 Å². The maximum absolute atomic E-state index is 10.7. The van der Waals surface area contributed by atoms with Gasteiger partial charge in [-0.2, -0.15) is 5.26 Å². The number of nitrogens with zero attached hydrogens (tertiary/aromatic N) is 1. The molecule has 0 aromatic carbocycles. The Labute approximate surface area is 59.9 Å². The van der Waals surface area contributed by atoms with Crippen LogP contribution in [0.2, 0.25) is 0 Å². The third-order valence-corrected chi connectivity index (χ3v) is 0.915. The lowest BCUT2D eigenvalue weighted by Crippen LogP contribution is -2.13. The quantitative estimate of drug-likeness (QED) is 0.430. The van der Waals surface area contributed by atoms with Gasteiger partial charge in [-0.1, -0.05) is 6.08 Å². The molecule has 3 nitrogen and oxygen atoms in total. The molecule has 0 bridgehead atoms. The van der Waals surface area contributed by atoms with E-state index in [2.05, 4.69) is 11.3 Å². The van der Waals surface area contributed by atoms with E-state index in [1.807, 2.05) is 0 Å². The van der Waals surface area contributed by atoms with E-state index in [1.54, 1.807) is 13.0 Å². The van der Waals surface area contributed by atoms with Gasteiger partial charge in [-0.15, -0.1) is 6.58 Å². The molecule has 1 unspecified atom stereocenters. The molecule has 0 fully saturated rings. The first-order valence-electron chi connectivity index (χ1n) is 2.95. The van der Waals surface area contributed by atoms with Gasteiger partial charge in [0.05, 0.1) is 12.7 Å². The molecular weight excluding hydrogens is 130 g/mol. The van der Waals surface area contributed by atoms with Crippen LogP contribution in [0.4, 0.5) is 0 Å². The lowest BCUT2D eigenvalue weighted by molar-refractivity contribution is -0.144. The van der Waals surface area contributed by atoms with Crippen LogP contribution in [0.5, 0.6) is 0 Å². The Morgan fingerprint density at radius 3 is 2.90 bits per heavy atom. The molecule has 0 saturated carbocycles. The van der Waals surface area contributed by atoms with E-state index in [1.165, 1.54) is 6.08 Å². The number of carbonyl (C=O) groups is 1. The zero-order valence-electron chi connectivity index (χ0n) is 5.83. The van der Waals surface area contributed by atoms with E-state index in [4.69, 9.17) is 5.26 Å². The van der Waals surface area contributed by atoms with Gasteiger partial charge in [0.15, 0.2) is 5.92 Å². The summed E-state index contributed by atoms with van der Waals surface area (Å²) in [7, 11) is 0. The zero-order chi connectivity index (χ0) is 7.98. The summed E-state index contributed by atoms with van der Waals surface area (Å²) in [6, 6.07) is 1.74. The van der Waals surface area contributed by atoms with Crippen LogP contribution in [-0.4, -0.2) is 12.6 Å². The van der Waals surface area contributed by atoms with Crippen LogP contribution in [0.1, 0.15) is 6.92 Å². The molecule has 0 amide bonds. The Kier molecular flexibility index (Phi) is 3.97. The minimum atomic E-state index is -0.819. The summed E-state index contributed by atoms with van der Waals surface area (Å²) in [6.07, 6.45) is 1.26. The zero-order valence-corrected chi connectivity index (χ0v) is 5.83. The van der Waals surface area contributed by atoms with Gasteiger partial charge in [0.1, 0.15) is 0 Å². The van der Waals surface area contributed by atoms with Gasteiger partial charge in [0.25, 0.3) is 0 Å². The third-order valence-electron chi connectivity index (χ3n) is 0.915. The van der Waals surface area contributed by atoms with Gasteiger partial charge < -0.3 is 4.74 Å². The van der Waals surface area contributed by atoms with Gasteiger partial charge >= 0.3 is 5.97 Å². The highest BCUT2D eigenvalue weighted by Gasteiger charge is 2.13. The largest absolute Gasteiger partial charge is 0.465 e. The van der Waals surface area contributed by atoms with Crippen molar-refractivity contribution in [1.82, 2.24) is 0 Å². The number of esters is 1. The summed E-state index contributed by atoms with van der Waals surface area (Å²) < 4.78 is 4.55. The highest BCUT2D eigenvalue weighted by atomic mass is 16.5. The highest BCUT2D eigenvalue weighted by Crippen LogP contribution is 1.97. The fourth-order valence-corrected chi connectivity index (χ4v) is 0.434. The first-order chi connectivity index (χ1) is 4.76. The van der Waals surface area contributed by atoms with E-state index < -0.39 is 11.9 Å². The molecule has 0 N–H and O–H groups in total. The second-order valence-corrected chi connectivity index (χ2v) is 1.59. The predicted octanol–water partition coefficient (Wildman–Crippen LogP) is 0.875. The second-order valence-electron chi connectivity index (χ2n) is 1.59. The average molecular weight is 139 g/mol. The monoisotopic (exact) mass is 139 g/mol. The number of nitriles is 1. The lowest BCUT2D eigenvalue weighted by Gasteiger charge is -2.01. The molecule has 0 radical (unpaired) electrons. The normalized spacial score (nSPS) is 11.2. The van der Waals surface area contributed by atoms with E-state index >= 15 is 0 Å². The summed E-state index contributed by atoms with van der Waals surface area (Å²) in [5, 5.41) is 8.30. The van der Waals surface area contributed by atoms with Crippen LogP contribution < -0.4 is 0 Å². The number of ether oxygens (including phenoxy) is 1. The molecule has 0 aliphatic heterocycles. The number of hydrogen-bond donors (Lipinski definition) is 0. The van der Waals surface area contributed by atoms with Gasteiger partial charge in [0, 0.05) is 0 Å². The fourth-order valence-electron chi connectivity index (χ4n) is 0.434. The van der Waals surface area contributed by atoms with E-state index in [-0.39, 0.29) is 0 Å². The third kappa shape index (κ3) is 2.31. The molecule has 0 saturated heterocycles. The Balaban J connectivity index is 3.92. The fraction of sp³-hybridized carbons (Fsp3) is 0.429. The van der Waals surface area contributed by atoms with Crippen molar-refractivity contribution in [2.45, 2.75) is 6.92 Å². The van der Waals surface area contributed by atoms with Gasteiger partial charge in [-0.3, -0.25) is 4.79 Å². The van der Waals surface area contributed by atoms with Gasteiger partial charge in [-0.25, -0.2) is 0 Å². The maximum atomic E-state index is 10.7. The molecule has 54 valence electrons. The van der Waals surface area contributed by atoms with Crippen molar-refractivity contribution in [1.29, 1.82) is 5.26 Å². The SMILES string of the molecule is C=CC(C#N)C(=O)OCC. The van der Waals surface area contributed by atoms with Crippen LogP contribution in [0, 0.1) is 17.2 Å². The maximum Gasteiger partial charge on any atom is 0.327 e. The number of carbonyl (C=O) groups excluding carboxylic acids is 1. The molecule has 0 aromatic rings. The molecule has 0 aliphatic carbocycles. The van der Waals surface area contributed by atoms with Gasteiger partial charge in [-0.05, 0) is 6.92 Å². The summed E-state index contributed by atoms with van der Waals surface area (Å²) in [5.74, 6) is -1.35. The summed E-state index contributed by atoms with van der Waals surface area (Å²) >= 11 is 0. The molecule has 0 aromatic heterocycles. The van der Waals surface area contributed by atoms with Crippen LogP contribution >= 0.6 is 0 Å². The average Bonchev–Trinajstić information content (AvgIpc) is 1.91.